The molecule has 2 rings (SSSR count). The lowest BCUT2D eigenvalue weighted by atomic mass is 10.1. The number of aryl methyl sites for hydroxylation is 2. The minimum Gasteiger partial charge on any atom is -0.493 e. The van der Waals surface area contributed by atoms with Gasteiger partial charge in [-0.05, 0) is 49.2 Å². The molecule has 130 valence electrons. The van der Waals surface area contributed by atoms with E-state index in [1.807, 2.05) is 6.07 Å². The second kappa shape index (κ2) is 7.57. The van der Waals surface area contributed by atoms with Gasteiger partial charge in [-0.3, -0.25) is 4.79 Å². The van der Waals surface area contributed by atoms with E-state index >= 15 is 0 Å². The number of hydrogen-bond donors (Lipinski definition) is 0. The van der Waals surface area contributed by atoms with E-state index in [2.05, 4.69) is 9.84 Å². The number of rotatable bonds is 5. The summed E-state index contributed by atoms with van der Waals surface area (Å²) in [6.07, 6.45) is 1.36. The molecule has 8 heteroatoms. The smallest absolute Gasteiger partial charge is 0.387 e. The van der Waals surface area contributed by atoms with Crippen molar-refractivity contribution in [2.24, 2.45) is 5.10 Å². The summed E-state index contributed by atoms with van der Waals surface area (Å²) in [5, 5.41) is 13.1. The van der Waals surface area contributed by atoms with Gasteiger partial charge in [-0.15, -0.1) is 0 Å². The SMILES string of the molecule is COc1cc(C=Nn2c(C)cc(C)c(C#N)c2=O)ccc1OC(F)F. The topological polar surface area (TPSA) is 76.6 Å². The Morgan fingerprint density at radius 2 is 2.00 bits per heavy atom. The zero-order chi connectivity index (χ0) is 18.6. The monoisotopic (exact) mass is 347 g/mol. The Balaban J connectivity index is 2.41. The van der Waals surface area contributed by atoms with Crippen molar-refractivity contribution in [3.63, 3.8) is 0 Å². The molecule has 0 radical (unpaired) electrons. The van der Waals surface area contributed by atoms with Crippen LogP contribution in [-0.2, 0) is 0 Å². The van der Waals surface area contributed by atoms with E-state index in [0.29, 0.717) is 16.8 Å². The van der Waals surface area contributed by atoms with Gasteiger partial charge in [0.25, 0.3) is 5.56 Å². The van der Waals surface area contributed by atoms with Crippen LogP contribution in [0.3, 0.4) is 0 Å². The quantitative estimate of drug-likeness (QED) is 0.780. The van der Waals surface area contributed by atoms with Gasteiger partial charge in [0.05, 0.1) is 13.3 Å². The molecule has 0 aliphatic carbocycles. The van der Waals surface area contributed by atoms with Crippen LogP contribution in [0.1, 0.15) is 22.4 Å². The van der Waals surface area contributed by atoms with Crippen molar-refractivity contribution in [1.29, 1.82) is 5.26 Å². The van der Waals surface area contributed by atoms with Crippen LogP contribution in [0.15, 0.2) is 34.2 Å². The number of aromatic nitrogens is 1. The van der Waals surface area contributed by atoms with Crippen molar-refractivity contribution >= 4 is 6.21 Å². The van der Waals surface area contributed by atoms with Gasteiger partial charge in [0.15, 0.2) is 11.5 Å². The highest BCUT2D eigenvalue weighted by molar-refractivity contribution is 5.80. The summed E-state index contributed by atoms with van der Waals surface area (Å²) in [6, 6.07) is 7.79. The van der Waals surface area contributed by atoms with Crippen LogP contribution >= 0.6 is 0 Å². The van der Waals surface area contributed by atoms with Crippen LogP contribution in [0, 0.1) is 25.2 Å². The highest BCUT2D eigenvalue weighted by Crippen LogP contribution is 2.28. The minimum atomic E-state index is -2.97. The van der Waals surface area contributed by atoms with Gasteiger partial charge in [-0.25, -0.2) is 4.68 Å². The molecule has 0 fully saturated rings. The van der Waals surface area contributed by atoms with E-state index in [4.69, 9.17) is 10.00 Å². The number of halogens is 2. The predicted octanol–water partition coefficient (Wildman–Crippen LogP) is 2.83. The summed E-state index contributed by atoms with van der Waals surface area (Å²) in [5.41, 5.74) is 1.12. The molecule has 1 aromatic carbocycles. The Morgan fingerprint density at radius 3 is 2.60 bits per heavy atom. The number of hydrogen-bond acceptors (Lipinski definition) is 5. The number of benzene rings is 1. The first-order chi connectivity index (χ1) is 11.9. The van der Waals surface area contributed by atoms with Crippen molar-refractivity contribution in [2.45, 2.75) is 20.5 Å². The molecule has 0 spiro atoms. The summed E-state index contributed by atoms with van der Waals surface area (Å²) in [7, 11) is 1.32. The number of pyridine rings is 1. The maximum absolute atomic E-state index is 12.3. The maximum Gasteiger partial charge on any atom is 0.387 e. The number of ether oxygens (including phenoxy) is 2. The van der Waals surface area contributed by atoms with Crippen molar-refractivity contribution in [2.75, 3.05) is 7.11 Å². The zero-order valence-electron chi connectivity index (χ0n) is 13.8. The van der Waals surface area contributed by atoms with Crippen LogP contribution in [0.4, 0.5) is 8.78 Å². The number of methoxy groups -OCH3 is 1. The average molecular weight is 347 g/mol. The molecular formula is C17H15F2N3O3. The van der Waals surface area contributed by atoms with E-state index in [1.54, 1.807) is 19.9 Å². The van der Waals surface area contributed by atoms with Crippen molar-refractivity contribution in [3.8, 4) is 17.6 Å². The second-order valence-electron chi connectivity index (χ2n) is 5.11. The van der Waals surface area contributed by atoms with Crippen LogP contribution in [0.5, 0.6) is 11.5 Å². The van der Waals surface area contributed by atoms with Gasteiger partial charge < -0.3 is 9.47 Å². The molecule has 0 aliphatic rings. The van der Waals surface area contributed by atoms with E-state index < -0.39 is 12.2 Å². The summed E-state index contributed by atoms with van der Waals surface area (Å²) >= 11 is 0. The summed E-state index contributed by atoms with van der Waals surface area (Å²) in [4.78, 5) is 12.3. The molecule has 0 bridgehead atoms. The summed E-state index contributed by atoms with van der Waals surface area (Å²) < 4.78 is 35.1. The van der Waals surface area contributed by atoms with Gasteiger partial charge in [0.2, 0.25) is 0 Å². The molecule has 1 heterocycles. The minimum absolute atomic E-state index is 0.0148. The van der Waals surface area contributed by atoms with Gasteiger partial charge in [0, 0.05) is 5.69 Å². The Labute approximate surface area is 142 Å². The average Bonchev–Trinajstić information content (AvgIpc) is 2.55. The summed E-state index contributed by atoms with van der Waals surface area (Å²) in [5.74, 6) is 0.0000362. The molecular weight excluding hydrogens is 332 g/mol. The van der Waals surface area contributed by atoms with Crippen molar-refractivity contribution in [3.05, 3.63) is 57.0 Å². The van der Waals surface area contributed by atoms with Gasteiger partial charge in [0.1, 0.15) is 11.6 Å². The molecule has 0 saturated heterocycles. The molecule has 0 saturated carbocycles. The van der Waals surface area contributed by atoms with Crippen LogP contribution in [0.2, 0.25) is 0 Å². The third kappa shape index (κ3) is 4.01. The van der Waals surface area contributed by atoms with E-state index in [1.165, 1.54) is 31.5 Å². The zero-order valence-corrected chi connectivity index (χ0v) is 13.8. The largest absolute Gasteiger partial charge is 0.493 e. The highest BCUT2D eigenvalue weighted by Gasteiger charge is 2.11. The predicted molar refractivity (Wildman–Crippen MR) is 87.5 cm³/mol. The fourth-order valence-corrected chi connectivity index (χ4v) is 2.24. The molecule has 0 N–H and O–H groups in total. The van der Waals surface area contributed by atoms with Gasteiger partial charge in [-0.2, -0.15) is 19.1 Å². The molecule has 0 unspecified atom stereocenters. The van der Waals surface area contributed by atoms with E-state index in [0.717, 1.165) is 4.68 Å². The first-order valence-electron chi connectivity index (χ1n) is 7.18. The molecule has 2 aromatic rings. The lowest BCUT2D eigenvalue weighted by Gasteiger charge is -2.10. The van der Waals surface area contributed by atoms with E-state index in [9.17, 15) is 13.6 Å². The second-order valence-corrected chi connectivity index (χ2v) is 5.11. The third-order valence-electron chi connectivity index (χ3n) is 3.40. The van der Waals surface area contributed by atoms with Crippen LogP contribution in [-0.4, -0.2) is 24.6 Å². The van der Waals surface area contributed by atoms with Gasteiger partial charge >= 0.3 is 6.61 Å². The first-order valence-corrected chi connectivity index (χ1v) is 7.18. The lowest BCUT2D eigenvalue weighted by Crippen LogP contribution is -2.22. The Hall–Kier alpha value is -3.21. The van der Waals surface area contributed by atoms with Gasteiger partial charge in [-0.1, -0.05) is 0 Å². The molecule has 6 nitrogen and oxygen atoms in total. The van der Waals surface area contributed by atoms with Crippen molar-refractivity contribution < 1.29 is 18.3 Å². The maximum atomic E-state index is 12.3. The Bertz CT molecular complexity index is 915. The molecule has 0 aliphatic heterocycles. The normalized spacial score (nSPS) is 10.9. The van der Waals surface area contributed by atoms with Crippen LogP contribution < -0.4 is 15.0 Å². The molecule has 0 amide bonds. The molecule has 25 heavy (non-hydrogen) atoms. The third-order valence-corrected chi connectivity index (χ3v) is 3.40. The fourth-order valence-electron chi connectivity index (χ4n) is 2.24. The number of alkyl halides is 2. The molecule has 1 aromatic heterocycles. The fraction of sp³-hybridized carbons (Fsp3) is 0.235. The van der Waals surface area contributed by atoms with Crippen LogP contribution in [0.25, 0.3) is 0 Å². The molecule has 0 atom stereocenters. The Kier molecular flexibility index (Phi) is 5.49. The van der Waals surface area contributed by atoms with Crippen molar-refractivity contribution in [1.82, 2.24) is 4.68 Å². The van der Waals surface area contributed by atoms with E-state index in [-0.39, 0.29) is 17.1 Å². The summed E-state index contributed by atoms with van der Waals surface area (Å²) in [6.45, 7) is 0.396. The Morgan fingerprint density at radius 1 is 1.28 bits per heavy atom. The first kappa shape index (κ1) is 18.1. The highest BCUT2D eigenvalue weighted by atomic mass is 19.3. The standard InChI is InChI=1S/C17H15F2N3O3/c1-10-6-11(2)22(16(23)13(10)8-20)21-9-12-4-5-14(25-17(18)19)15(7-12)24-3/h4-7,9,17H,1-3H3. The lowest BCUT2D eigenvalue weighted by molar-refractivity contribution is -0.0512. The number of nitrogens with zero attached hydrogens (tertiary/aromatic N) is 3. The number of nitriles is 1.